The Bertz CT molecular complexity index is 1060. The molecule has 6 N–H and O–H groups in total. The summed E-state index contributed by atoms with van der Waals surface area (Å²) in [7, 11) is 1.19. The highest BCUT2D eigenvalue weighted by Crippen LogP contribution is 2.21. The summed E-state index contributed by atoms with van der Waals surface area (Å²) in [6, 6.07) is 8.97. The van der Waals surface area contributed by atoms with Gasteiger partial charge in [-0.2, -0.15) is 0 Å². The zero-order valence-electron chi connectivity index (χ0n) is 17.6. The van der Waals surface area contributed by atoms with E-state index in [-0.39, 0.29) is 11.3 Å². The summed E-state index contributed by atoms with van der Waals surface area (Å²) in [6.07, 6.45) is -3.28. The lowest BCUT2D eigenvalue weighted by Gasteiger charge is -2.36. The summed E-state index contributed by atoms with van der Waals surface area (Å²) in [6.45, 7) is 0.856. The maximum Gasteiger partial charge on any atom is 0.315 e. The molecule has 0 aliphatic rings. The Hall–Kier alpha value is -4.17. The molecule has 0 aliphatic carbocycles. The summed E-state index contributed by atoms with van der Waals surface area (Å²) in [5.74, 6) is 3.61. The van der Waals surface area contributed by atoms with Gasteiger partial charge in [0.1, 0.15) is 17.3 Å². The summed E-state index contributed by atoms with van der Waals surface area (Å²) in [4.78, 5) is 36.3. The number of phenolic OH excluding ortho intramolecular Hbond substituents is 1. The normalized spacial score (nSPS) is 13.0. The number of hydrogen-bond donors (Lipinski definition) is 6. The van der Waals surface area contributed by atoms with Crippen molar-refractivity contribution in [1.82, 2.24) is 21.4 Å². The van der Waals surface area contributed by atoms with E-state index < -0.39 is 35.9 Å². The number of nitrogens with one attached hydrogen (secondary N) is 4. The summed E-state index contributed by atoms with van der Waals surface area (Å²) in [5, 5.41) is 24.4. The van der Waals surface area contributed by atoms with Gasteiger partial charge in [0.2, 0.25) is 0 Å². The van der Waals surface area contributed by atoms with E-state index in [1.165, 1.54) is 48.9 Å². The zero-order valence-corrected chi connectivity index (χ0v) is 17.6. The first-order valence-electron chi connectivity index (χ1n) is 9.54. The lowest BCUT2D eigenvalue weighted by molar-refractivity contribution is -0.135. The first kappa shape index (κ1) is 25.1. The van der Waals surface area contributed by atoms with Crippen molar-refractivity contribution < 1.29 is 33.5 Å². The van der Waals surface area contributed by atoms with Gasteiger partial charge in [0.25, 0.3) is 18.2 Å². The minimum Gasteiger partial charge on any atom is -0.508 e. The number of halogens is 2. The van der Waals surface area contributed by atoms with Crippen LogP contribution in [0, 0.1) is 11.8 Å². The van der Waals surface area contributed by atoms with E-state index in [1.807, 2.05) is 5.32 Å². The number of urea groups is 1. The second-order valence-corrected chi connectivity index (χ2v) is 7.04. The highest BCUT2D eigenvalue weighted by molar-refractivity contribution is 5.98. The maximum atomic E-state index is 13.8. The van der Waals surface area contributed by atoms with Crippen LogP contribution in [-0.4, -0.2) is 53.2 Å². The Morgan fingerprint density at radius 3 is 1.94 bits per heavy atom. The Morgan fingerprint density at radius 1 is 0.970 bits per heavy atom. The molecule has 0 saturated heterocycles. The van der Waals surface area contributed by atoms with Gasteiger partial charge in [-0.15, -0.1) is 0 Å². The molecule has 4 amide bonds. The molecule has 0 aromatic heterocycles. The molecule has 1 unspecified atom stereocenters. The summed E-state index contributed by atoms with van der Waals surface area (Å²) >= 11 is 0. The molecule has 0 aliphatic heterocycles. The van der Waals surface area contributed by atoms with Gasteiger partial charge in [-0.3, -0.25) is 14.8 Å². The molecule has 9 nitrogen and oxygen atoms in total. The number of carbonyl (C=O) groups is 3. The van der Waals surface area contributed by atoms with Crippen molar-refractivity contribution >= 4 is 17.8 Å². The first-order valence-corrected chi connectivity index (χ1v) is 9.54. The fraction of sp³-hybridized carbons (Fsp3) is 0.227. The van der Waals surface area contributed by atoms with E-state index in [0.717, 1.165) is 6.92 Å². The van der Waals surface area contributed by atoms with Crippen molar-refractivity contribution in [3.63, 3.8) is 0 Å². The third-order valence-electron chi connectivity index (χ3n) is 4.68. The molecule has 2 aromatic carbocycles. The SMILES string of the molecule is CNC(=O)NC(C)(C(F)F)[C@H](NC(=O)c1ccc(C#Cc2ccc(O)cc2)cc1)C(=O)NO. The van der Waals surface area contributed by atoms with E-state index in [0.29, 0.717) is 11.1 Å². The molecular formula is C22H22F2N4O5. The van der Waals surface area contributed by atoms with Gasteiger partial charge in [-0.05, 0) is 55.5 Å². The van der Waals surface area contributed by atoms with Crippen LogP contribution in [-0.2, 0) is 4.79 Å². The summed E-state index contributed by atoms with van der Waals surface area (Å²) in [5.41, 5.74) is -0.0927. The average molecular weight is 460 g/mol. The van der Waals surface area contributed by atoms with Crippen LogP contribution in [0.2, 0.25) is 0 Å². The van der Waals surface area contributed by atoms with Crippen LogP contribution in [0.1, 0.15) is 28.4 Å². The number of hydroxylamine groups is 1. The maximum absolute atomic E-state index is 13.8. The molecule has 0 saturated carbocycles. The number of benzene rings is 2. The van der Waals surface area contributed by atoms with Crippen molar-refractivity contribution in [2.75, 3.05) is 7.05 Å². The van der Waals surface area contributed by atoms with E-state index in [4.69, 9.17) is 5.21 Å². The lowest BCUT2D eigenvalue weighted by Crippen LogP contribution is -2.69. The van der Waals surface area contributed by atoms with Crippen molar-refractivity contribution in [3.8, 4) is 17.6 Å². The van der Waals surface area contributed by atoms with Crippen LogP contribution < -0.4 is 21.4 Å². The molecule has 0 bridgehead atoms. The summed E-state index contributed by atoms with van der Waals surface area (Å²) < 4.78 is 27.6. The third kappa shape index (κ3) is 6.41. The van der Waals surface area contributed by atoms with Crippen molar-refractivity contribution in [3.05, 3.63) is 65.2 Å². The highest BCUT2D eigenvalue weighted by atomic mass is 19.3. The number of hydrogen-bond acceptors (Lipinski definition) is 5. The van der Waals surface area contributed by atoms with E-state index in [2.05, 4.69) is 22.5 Å². The second kappa shape index (κ2) is 10.9. The number of amides is 4. The Kier molecular flexibility index (Phi) is 8.30. The van der Waals surface area contributed by atoms with Crippen LogP contribution in [0.25, 0.3) is 0 Å². The number of rotatable bonds is 6. The molecule has 0 spiro atoms. The fourth-order valence-corrected chi connectivity index (χ4v) is 2.72. The quantitative estimate of drug-likeness (QED) is 0.219. The van der Waals surface area contributed by atoms with E-state index in [1.54, 1.807) is 12.1 Å². The van der Waals surface area contributed by atoms with Crippen molar-refractivity contribution in [1.29, 1.82) is 0 Å². The van der Waals surface area contributed by atoms with Crippen LogP contribution in [0.15, 0.2) is 48.5 Å². The molecule has 174 valence electrons. The zero-order chi connectivity index (χ0) is 24.6. The van der Waals surface area contributed by atoms with E-state index in [9.17, 15) is 28.3 Å². The molecule has 11 heteroatoms. The van der Waals surface area contributed by atoms with Crippen LogP contribution in [0.5, 0.6) is 5.75 Å². The van der Waals surface area contributed by atoms with Crippen LogP contribution in [0.4, 0.5) is 13.6 Å². The van der Waals surface area contributed by atoms with Crippen molar-refractivity contribution in [2.45, 2.75) is 24.9 Å². The number of phenols is 1. The predicted molar refractivity (Wildman–Crippen MR) is 114 cm³/mol. The first-order chi connectivity index (χ1) is 15.6. The van der Waals surface area contributed by atoms with Gasteiger partial charge in [0, 0.05) is 23.7 Å². The number of aromatic hydroxyl groups is 1. The molecule has 0 radical (unpaired) electrons. The molecule has 2 aromatic rings. The van der Waals surface area contributed by atoms with Gasteiger partial charge in [-0.1, -0.05) is 11.8 Å². The van der Waals surface area contributed by atoms with Gasteiger partial charge >= 0.3 is 6.03 Å². The number of carbonyl (C=O) groups excluding carboxylic acids is 3. The second-order valence-electron chi connectivity index (χ2n) is 7.04. The van der Waals surface area contributed by atoms with E-state index >= 15 is 0 Å². The van der Waals surface area contributed by atoms with Crippen molar-refractivity contribution in [2.24, 2.45) is 0 Å². The molecular weight excluding hydrogens is 438 g/mol. The molecule has 33 heavy (non-hydrogen) atoms. The largest absolute Gasteiger partial charge is 0.508 e. The highest BCUT2D eigenvalue weighted by Gasteiger charge is 2.48. The predicted octanol–water partition coefficient (Wildman–Crippen LogP) is 1.35. The lowest BCUT2D eigenvalue weighted by atomic mass is 9.91. The van der Waals surface area contributed by atoms with Gasteiger partial charge in [0.05, 0.1) is 0 Å². The topological polar surface area (TPSA) is 140 Å². The average Bonchev–Trinajstić information content (AvgIpc) is 2.81. The molecule has 0 fully saturated rings. The molecule has 2 atom stereocenters. The Balaban J connectivity index is 2.23. The smallest absolute Gasteiger partial charge is 0.315 e. The minimum absolute atomic E-state index is 0.0254. The third-order valence-corrected chi connectivity index (χ3v) is 4.68. The number of alkyl halides is 2. The van der Waals surface area contributed by atoms with Gasteiger partial charge in [-0.25, -0.2) is 19.1 Å². The monoisotopic (exact) mass is 460 g/mol. The Morgan fingerprint density at radius 2 is 1.48 bits per heavy atom. The van der Waals surface area contributed by atoms with Crippen LogP contribution >= 0.6 is 0 Å². The van der Waals surface area contributed by atoms with Crippen LogP contribution in [0.3, 0.4) is 0 Å². The molecule has 0 heterocycles. The minimum atomic E-state index is -3.28. The fourth-order valence-electron chi connectivity index (χ4n) is 2.72. The van der Waals surface area contributed by atoms with Gasteiger partial charge < -0.3 is 21.1 Å². The molecule has 2 rings (SSSR count). The van der Waals surface area contributed by atoms with Gasteiger partial charge in [0.15, 0.2) is 0 Å². The standard InChI is InChI=1S/C22H22F2N4O5/c1-22(20(23)24,27-21(32)25-2)17(19(31)28-33)26-18(30)15-9-5-13(6-10-15)3-4-14-7-11-16(29)12-8-14/h5-12,17,20,29,33H,1-2H3,(H,26,30)(H,28,31)(H2,25,27,32)/t17-,22?/m1/s1. The Labute approximate surface area is 188 Å².